The molecular weight excluding hydrogens is 588 g/mol. The first-order chi connectivity index (χ1) is 19.5. The van der Waals surface area contributed by atoms with Crippen LogP contribution in [0.3, 0.4) is 0 Å². The number of carbonyl (C=O) groups is 3. The summed E-state index contributed by atoms with van der Waals surface area (Å²) in [7, 11) is 0. The van der Waals surface area contributed by atoms with Crippen LogP contribution in [0.5, 0.6) is 0 Å². The maximum atomic E-state index is 13.4. The summed E-state index contributed by atoms with van der Waals surface area (Å²) in [5.74, 6) is -6.37. The predicted molar refractivity (Wildman–Crippen MR) is 145 cm³/mol. The van der Waals surface area contributed by atoms with Crippen LogP contribution in [0.25, 0.3) is 0 Å². The summed E-state index contributed by atoms with van der Waals surface area (Å²) in [5, 5.41) is 2.62. The first kappa shape index (κ1) is 33.1. The van der Waals surface area contributed by atoms with Gasteiger partial charge in [-0.25, -0.2) is 0 Å². The molecule has 0 aliphatic carbocycles. The number of rotatable bonds is 10. The van der Waals surface area contributed by atoms with Crippen molar-refractivity contribution in [1.82, 2.24) is 5.32 Å². The smallest absolute Gasteiger partial charge is 0.369 e. The van der Waals surface area contributed by atoms with Crippen LogP contribution < -0.4 is 11.1 Å². The normalized spacial score (nSPS) is 17.1. The molecule has 3 rings (SSSR count). The molecule has 2 aromatic rings. The van der Waals surface area contributed by atoms with E-state index >= 15 is 0 Å². The summed E-state index contributed by atoms with van der Waals surface area (Å²) < 4.78 is 77.6. The van der Waals surface area contributed by atoms with Gasteiger partial charge < -0.3 is 11.1 Å². The van der Waals surface area contributed by atoms with Gasteiger partial charge in [-0.1, -0.05) is 35.9 Å². The van der Waals surface area contributed by atoms with Crippen molar-refractivity contribution in [1.29, 1.82) is 0 Å². The Morgan fingerprint density at radius 1 is 1.00 bits per heavy atom. The van der Waals surface area contributed by atoms with Gasteiger partial charge in [-0.05, 0) is 61.9 Å². The van der Waals surface area contributed by atoms with Crippen molar-refractivity contribution in [3.8, 4) is 0 Å². The van der Waals surface area contributed by atoms with E-state index in [1.54, 1.807) is 24.3 Å². The van der Waals surface area contributed by atoms with E-state index in [1.165, 1.54) is 0 Å². The zero-order chi connectivity index (χ0) is 31.4. The zero-order valence-electron chi connectivity index (χ0n) is 22.8. The molecule has 0 unspecified atom stereocenters. The highest BCUT2D eigenvalue weighted by Crippen LogP contribution is 2.33. The number of fused-ring (bicyclic) bond motifs is 1. The number of aliphatic imine (C=N–C) groups is 1. The summed E-state index contributed by atoms with van der Waals surface area (Å²) in [6, 6.07) is 10.4. The predicted octanol–water partition coefficient (Wildman–Crippen LogP) is 6.15. The summed E-state index contributed by atoms with van der Waals surface area (Å²) >= 11 is 6.40. The number of Topliss-reactive ketones (excluding diaryl/α,β-unsaturated/α-hetero) is 1. The molecule has 2 amide bonds. The Labute approximate surface area is 243 Å². The average Bonchev–Trinajstić information content (AvgIpc) is 3.00. The number of amides is 2. The molecular formula is C29H30ClF6N3O3. The molecule has 1 heterocycles. The van der Waals surface area contributed by atoms with E-state index in [-0.39, 0.29) is 11.4 Å². The lowest BCUT2D eigenvalue weighted by Crippen LogP contribution is -2.47. The molecule has 42 heavy (non-hydrogen) atoms. The van der Waals surface area contributed by atoms with Gasteiger partial charge in [0.1, 0.15) is 0 Å². The van der Waals surface area contributed by atoms with Gasteiger partial charge in [0.2, 0.25) is 11.8 Å². The van der Waals surface area contributed by atoms with Crippen LogP contribution in [0.1, 0.15) is 59.9 Å². The van der Waals surface area contributed by atoms with Crippen LogP contribution in [-0.2, 0) is 20.8 Å². The van der Waals surface area contributed by atoms with Gasteiger partial charge in [0.25, 0.3) is 0 Å². The number of hydrogen-bond acceptors (Lipinski definition) is 4. The minimum Gasteiger partial charge on any atom is -0.369 e. The van der Waals surface area contributed by atoms with Crippen LogP contribution in [0.4, 0.5) is 26.3 Å². The molecule has 0 radical (unpaired) electrons. The second kappa shape index (κ2) is 13.3. The number of halogens is 7. The summed E-state index contributed by atoms with van der Waals surface area (Å²) in [5.41, 5.74) is 9.10. The van der Waals surface area contributed by atoms with E-state index in [1.807, 2.05) is 26.0 Å². The highest BCUT2D eigenvalue weighted by atomic mass is 35.5. The van der Waals surface area contributed by atoms with E-state index in [0.29, 0.717) is 22.4 Å². The first-order valence-corrected chi connectivity index (χ1v) is 13.5. The SMILES string of the molecule is Cc1ccc(C2=N[C@H](NC(=O)[C@H](CCC(F)(F)F)[C@H](CCCC(F)(F)F)C(N)=O)C(=O)Cc3c(Cl)cccc32)cc1C. The van der Waals surface area contributed by atoms with Crippen LogP contribution in [-0.4, -0.2) is 41.8 Å². The Hall–Kier alpha value is -3.41. The van der Waals surface area contributed by atoms with Gasteiger partial charge >= 0.3 is 12.4 Å². The number of aryl methyl sites for hydroxylation is 2. The molecule has 1 aliphatic rings. The summed E-state index contributed by atoms with van der Waals surface area (Å²) in [6.45, 7) is 3.77. The van der Waals surface area contributed by atoms with Crippen molar-refractivity contribution in [2.45, 2.75) is 70.9 Å². The van der Waals surface area contributed by atoms with Crippen molar-refractivity contribution in [2.24, 2.45) is 22.6 Å². The molecule has 0 fully saturated rings. The molecule has 3 N–H and O–H groups in total. The molecule has 3 atom stereocenters. The van der Waals surface area contributed by atoms with E-state index < -0.39 is 80.1 Å². The first-order valence-electron chi connectivity index (χ1n) is 13.2. The largest absolute Gasteiger partial charge is 0.389 e. The standard InChI is InChI=1S/C29H30ClF6N3O3/c1-15-8-9-17(13-16(15)2)24-18-5-3-7-22(30)21(18)14-23(40)26(38-24)39-27(42)20(10-12-29(34,35)36)19(25(37)41)6-4-11-28(31,32)33/h3,5,7-9,13,19-20,26H,4,6,10-12,14H2,1-2H3,(H2,37,41)(H,39,42)/t19-,20+,26+/m0/s1. The Balaban J connectivity index is 2.01. The lowest BCUT2D eigenvalue weighted by atomic mass is 9.83. The highest BCUT2D eigenvalue weighted by Gasteiger charge is 2.39. The van der Waals surface area contributed by atoms with Gasteiger partial charge in [-0.2, -0.15) is 26.3 Å². The fourth-order valence-electron chi connectivity index (χ4n) is 4.87. The number of benzene rings is 2. The van der Waals surface area contributed by atoms with Crippen LogP contribution in [0, 0.1) is 25.7 Å². The lowest BCUT2D eigenvalue weighted by molar-refractivity contribution is -0.147. The monoisotopic (exact) mass is 617 g/mol. The molecule has 0 aromatic heterocycles. The zero-order valence-corrected chi connectivity index (χ0v) is 23.6. The van der Waals surface area contributed by atoms with Gasteiger partial charge in [-0.15, -0.1) is 0 Å². The van der Waals surface area contributed by atoms with Crippen molar-refractivity contribution in [2.75, 3.05) is 0 Å². The maximum absolute atomic E-state index is 13.4. The third-order valence-electron chi connectivity index (χ3n) is 7.25. The van der Waals surface area contributed by atoms with E-state index in [2.05, 4.69) is 10.3 Å². The van der Waals surface area contributed by atoms with Gasteiger partial charge in [0, 0.05) is 47.2 Å². The number of hydrogen-bond donors (Lipinski definition) is 2. The summed E-state index contributed by atoms with van der Waals surface area (Å²) in [6.07, 6.45) is -16.1. The molecule has 6 nitrogen and oxygen atoms in total. The topological polar surface area (TPSA) is 102 Å². The Bertz CT molecular complexity index is 1370. The molecule has 1 aliphatic heterocycles. The number of nitrogens with zero attached hydrogens (tertiary/aromatic N) is 1. The number of nitrogens with one attached hydrogen (secondary N) is 1. The molecule has 2 aromatic carbocycles. The van der Waals surface area contributed by atoms with Crippen molar-refractivity contribution >= 4 is 34.9 Å². The van der Waals surface area contributed by atoms with E-state index in [0.717, 1.165) is 11.1 Å². The van der Waals surface area contributed by atoms with E-state index in [4.69, 9.17) is 17.3 Å². The Morgan fingerprint density at radius 2 is 1.67 bits per heavy atom. The Morgan fingerprint density at radius 3 is 2.26 bits per heavy atom. The number of carbonyl (C=O) groups excluding carboxylic acids is 3. The van der Waals surface area contributed by atoms with Gasteiger partial charge in [0.15, 0.2) is 11.9 Å². The van der Waals surface area contributed by atoms with Crippen molar-refractivity contribution < 1.29 is 40.7 Å². The van der Waals surface area contributed by atoms with Crippen molar-refractivity contribution in [3.63, 3.8) is 0 Å². The molecule has 0 spiro atoms. The van der Waals surface area contributed by atoms with Crippen molar-refractivity contribution in [3.05, 3.63) is 69.2 Å². The third-order valence-corrected chi connectivity index (χ3v) is 7.60. The molecule has 0 saturated carbocycles. The Kier molecular flexibility index (Phi) is 10.5. The second-order valence-electron chi connectivity index (χ2n) is 10.4. The maximum Gasteiger partial charge on any atom is 0.389 e. The number of alkyl halides is 6. The molecule has 13 heteroatoms. The number of nitrogens with two attached hydrogens (primary N) is 1. The molecule has 0 saturated heterocycles. The molecule has 228 valence electrons. The average molecular weight is 618 g/mol. The summed E-state index contributed by atoms with van der Waals surface area (Å²) in [4.78, 5) is 43.4. The minimum absolute atomic E-state index is 0.268. The van der Waals surface area contributed by atoms with Crippen LogP contribution >= 0.6 is 11.6 Å². The fourth-order valence-corrected chi connectivity index (χ4v) is 5.11. The molecule has 0 bridgehead atoms. The van der Waals surface area contributed by atoms with Crippen LogP contribution in [0.15, 0.2) is 41.4 Å². The van der Waals surface area contributed by atoms with Crippen LogP contribution in [0.2, 0.25) is 5.02 Å². The lowest BCUT2D eigenvalue weighted by Gasteiger charge is -2.26. The fraction of sp³-hybridized carbons (Fsp3) is 0.448. The minimum atomic E-state index is -4.72. The number of primary amides is 1. The quantitative estimate of drug-likeness (QED) is 0.313. The third kappa shape index (κ3) is 8.80. The second-order valence-corrected chi connectivity index (χ2v) is 10.8. The number of ketones is 1. The van der Waals surface area contributed by atoms with Gasteiger partial charge in [0.05, 0.1) is 5.71 Å². The highest BCUT2D eigenvalue weighted by molar-refractivity contribution is 6.32. The van der Waals surface area contributed by atoms with E-state index in [9.17, 15) is 40.7 Å². The van der Waals surface area contributed by atoms with Gasteiger partial charge in [-0.3, -0.25) is 19.4 Å².